The first-order valence-electron chi connectivity index (χ1n) is 12.3. The number of benzene rings is 2. The number of morpholine rings is 1. The highest BCUT2D eigenvalue weighted by Gasteiger charge is 2.25. The first kappa shape index (κ1) is 23.7. The summed E-state index contributed by atoms with van der Waals surface area (Å²) in [6.07, 6.45) is 3.57. The van der Waals surface area contributed by atoms with Crippen molar-refractivity contribution < 1.29 is 9.53 Å². The summed E-state index contributed by atoms with van der Waals surface area (Å²) in [5, 5.41) is 12.5. The molecule has 0 spiro atoms. The number of nitrogens with one attached hydrogen (secondary N) is 1. The number of anilines is 3. The molecule has 1 amide bonds. The summed E-state index contributed by atoms with van der Waals surface area (Å²) in [4.78, 5) is 17.6. The molecule has 0 radical (unpaired) electrons. The maximum Gasteiger partial charge on any atom is 0.237 e. The van der Waals surface area contributed by atoms with Gasteiger partial charge >= 0.3 is 0 Å². The summed E-state index contributed by atoms with van der Waals surface area (Å²) in [5.74, 6) is 0.793. The Labute approximate surface area is 210 Å². The number of carbonyl (C=O) groups is 1. The number of amides is 1. The van der Waals surface area contributed by atoms with E-state index in [1.54, 1.807) is 0 Å². The van der Waals surface area contributed by atoms with Crippen LogP contribution in [0.25, 0.3) is 5.69 Å². The second-order valence-electron chi connectivity index (χ2n) is 8.90. The molecule has 3 aromatic rings. The molecule has 9 heteroatoms. The van der Waals surface area contributed by atoms with Gasteiger partial charge in [0.1, 0.15) is 0 Å². The molecule has 0 saturated carbocycles. The zero-order chi connectivity index (χ0) is 24.0. The molecule has 35 heavy (non-hydrogen) atoms. The second-order valence-corrected chi connectivity index (χ2v) is 10.2. The number of hydrogen-bond donors (Lipinski definition) is 1. The molecule has 0 aliphatic carbocycles. The fraction of sp³-hybridized carbons (Fsp3) is 0.423. The van der Waals surface area contributed by atoms with Gasteiger partial charge in [0.05, 0.1) is 24.2 Å². The summed E-state index contributed by atoms with van der Waals surface area (Å²) in [6.45, 7) is 7.15. The van der Waals surface area contributed by atoms with Crippen molar-refractivity contribution in [3.8, 4) is 5.69 Å². The van der Waals surface area contributed by atoms with Crippen LogP contribution in [0.4, 0.5) is 17.3 Å². The Balaban J connectivity index is 1.28. The van der Waals surface area contributed by atoms with Gasteiger partial charge in [0.15, 0.2) is 5.16 Å². The zero-order valence-corrected chi connectivity index (χ0v) is 20.9. The van der Waals surface area contributed by atoms with Crippen molar-refractivity contribution in [1.82, 2.24) is 14.8 Å². The normalized spacial score (nSPS) is 17.3. The third-order valence-electron chi connectivity index (χ3n) is 6.43. The molecule has 184 valence electrons. The standard InChI is InChI=1S/C26H32N6O2S/c1-20(24(33)27-21-10-12-22(13-11-21)30-16-18-34-19-17-30)35-26-29-28-25(31-14-6-3-7-15-31)32(26)23-8-4-2-5-9-23/h2,4-5,8-13,20H,3,6-7,14-19H2,1H3,(H,27,33)/t20-/m1/s1. The van der Waals surface area contributed by atoms with Gasteiger partial charge in [-0.1, -0.05) is 30.0 Å². The van der Waals surface area contributed by atoms with Crippen LogP contribution in [0.1, 0.15) is 26.2 Å². The maximum absolute atomic E-state index is 13.0. The molecule has 0 bridgehead atoms. The third-order valence-corrected chi connectivity index (χ3v) is 7.47. The Kier molecular flexibility index (Phi) is 7.54. The summed E-state index contributed by atoms with van der Waals surface area (Å²) in [6, 6.07) is 18.2. The Morgan fingerprint density at radius 1 is 0.886 bits per heavy atom. The second kappa shape index (κ2) is 11.1. The molecule has 2 aliphatic heterocycles. The first-order chi connectivity index (χ1) is 17.2. The molecule has 0 unspecified atom stereocenters. The van der Waals surface area contributed by atoms with E-state index >= 15 is 0 Å². The van der Waals surface area contributed by atoms with Gasteiger partial charge in [-0.15, -0.1) is 10.2 Å². The van der Waals surface area contributed by atoms with Crippen molar-refractivity contribution in [2.75, 3.05) is 54.5 Å². The van der Waals surface area contributed by atoms with Crippen LogP contribution < -0.4 is 15.1 Å². The number of thioether (sulfide) groups is 1. The van der Waals surface area contributed by atoms with Crippen LogP contribution in [-0.2, 0) is 9.53 Å². The number of rotatable bonds is 7. The minimum absolute atomic E-state index is 0.0590. The number of aromatic nitrogens is 3. The Morgan fingerprint density at radius 2 is 1.60 bits per heavy atom. The van der Waals surface area contributed by atoms with Crippen LogP contribution in [0.3, 0.4) is 0 Å². The van der Waals surface area contributed by atoms with E-state index in [1.165, 1.54) is 18.2 Å². The zero-order valence-electron chi connectivity index (χ0n) is 20.1. The molecule has 8 nitrogen and oxygen atoms in total. The minimum Gasteiger partial charge on any atom is -0.378 e. The van der Waals surface area contributed by atoms with E-state index in [4.69, 9.17) is 4.74 Å². The molecule has 5 rings (SSSR count). The molecule has 3 heterocycles. The fourth-order valence-electron chi connectivity index (χ4n) is 4.47. The number of hydrogen-bond acceptors (Lipinski definition) is 7. The van der Waals surface area contributed by atoms with Crippen molar-refractivity contribution >= 4 is 35.0 Å². The molecule has 1 aromatic heterocycles. The molecule has 2 saturated heterocycles. The van der Waals surface area contributed by atoms with Crippen molar-refractivity contribution in [3.05, 3.63) is 54.6 Å². The average molecular weight is 493 g/mol. The van der Waals surface area contributed by atoms with Gasteiger partial charge in [0, 0.05) is 37.6 Å². The van der Waals surface area contributed by atoms with Crippen LogP contribution in [0, 0.1) is 0 Å². The van der Waals surface area contributed by atoms with Gasteiger partial charge in [-0.2, -0.15) is 0 Å². The molecule has 2 aromatic carbocycles. The van der Waals surface area contributed by atoms with Crippen molar-refractivity contribution in [3.63, 3.8) is 0 Å². The first-order valence-corrected chi connectivity index (χ1v) is 13.2. The smallest absolute Gasteiger partial charge is 0.237 e. The Hall–Kier alpha value is -3.04. The number of nitrogens with zero attached hydrogens (tertiary/aromatic N) is 5. The maximum atomic E-state index is 13.0. The quantitative estimate of drug-likeness (QED) is 0.495. The minimum atomic E-state index is -0.338. The Bertz CT molecular complexity index is 1110. The lowest BCUT2D eigenvalue weighted by atomic mass is 10.1. The van der Waals surface area contributed by atoms with Crippen LogP contribution in [0.15, 0.2) is 59.8 Å². The summed E-state index contributed by atoms with van der Waals surface area (Å²) < 4.78 is 7.51. The monoisotopic (exact) mass is 492 g/mol. The van der Waals surface area contributed by atoms with Gasteiger partial charge in [-0.25, -0.2) is 0 Å². The predicted molar refractivity (Wildman–Crippen MR) is 141 cm³/mol. The van der Waals surface area contributed by atoms with Gasteiger partial charge in [0.2, 0.25) is 11.9 Å². The Morgan fingerprint density at radius 3 is 2.31 bits per heavy atom. The predicted octanol–water partition coefficient (Wildman–Crippen LogP) is 4.21. The van der Waals surface area contributed by atoms with E-state index in [1.807, 2.05) is 37.3 Å². The number of piperidine rings is 1. The van der Waals surface area contributed by atoms with Crippen LogP contribution >= 0.6 is 11.8 Å². The lowest BCUT2D eigenvalue weighted by Gasteiger charge is -2.29. The summed E-state index contributed by atoms with van der Waals surface area (Å²) >= 11 is 1.43. The fourth-order valence-corrected chi connectivity index (χ4v) is 5.34. The molecular weight excluding hydrogens is 460 g/mol. The van der Waals surface area contributed by atoms with E-state index in [9.17, 15) is 4.79 Å². The molecule has 1 atom stereocenters. The van der Waals surface area contributed by atoms with E-state index in [2.05, 4.69) is 54.1 Å². The number of carbonyl (C=O) groups excluding carboxylic acids is 1. The van der Waals surface area contributed by atoms with Crippen LogP contribution in [-0.4, -0.2) is 65.3 Å². The summed E-state index contributed by atoms with van der Waals surface area (Å²) in [5.41, 5.74) is 2.94. The lowest BCUT2D eigenvalue weighted by molar-refractivity contribution is -0.115. The molecule has 2 aliphatic rings. The van der Waals surface area contributed by atoms with E-state index in [-0.39, 0.29) is 11.2 Å². The van der Waals surface area contributed by atoms with Gasteiger partial charge < -0.3 is 19.9 Å². The molecule has 2 fully saturated rings. The van der Waals surface area contributed by atoms with E-state index in [0.29, 0.717) is 0 Å². The van der Waals surface area contributed by atoms with Gasteiger partial charge in [-0.05, 0) is 62.6 Å². The highest BCUT2D eigenvalue weighted by molar-refractivity contribution is 8.00. The third kappa shape index (κ3) is 5.62. The summed E-state index contributed by atoms with van der Waals surface area (Å²) in [7, 11) is 0. The highest BCUT2D eigenvalue weighted by Crippen LogP contribution is 2.31. The van der Waals surface area contributed by atoms with Crippen molar-refractivity contribution in [1.29, 1.82) is 0 Å². The topological polar surface area (TPSA) is 75.5 Å². The molecule has 1 N–H and O–H groups in total. The van der Waals surface area contributed by atoms with Gasteiger partial charge in [-0.3, -0.25) is 9.36 Å². The highest BCUT2D eigenvalue weighted by atomic mass is 32.2. The van der Waals surface area contributed by atoms with Gasteiger partial charge in [0.25, 0.3) is 0 Å². The number of para-hydroxylation sites is 1. The average Bonchev–Trinajstić information content (AvgIpc) is 3.34. The molecular formula is C26H32N6O2S. The van der Waals surface area contributed by atoms with E-state index in [0.717, 1.165) is 80.4 Å². The van der Waals surface area contributed by atoms with Crippen molar-refractivity contribution in [2.24, 2.45) is 0 Å². The SMILES string of the molecule is C[C@@H](Sc1nnc(N2CCCCC2)n1-c1ccccc1)C(=O)Nc1ccc(N2CCOCC2)cc1. The van der Waals surface area contributed by atoms with E-state index < -0.39 is 0 Å². The van der Waals surface area contributed by atoms with Crippen LogP contribution in [0.2, 0.25) is 0 Å². The van der Waals surface area contributed by atoms with Crippen LogP contribution in [0.5, 0.6) is 0 Å². The lowest BCUT2D eigenvalue weighted by Crippen LogP contribution is -2.36. The number of ether oxygens (including phenoxy) is 1. The largest absolute Gasteiger partial charge is 0.378 e. The van der Waals surface area contributed by atoms with Crippen molar-refractivity contribution in [2.45, 2.75) is 36.6 Å².